The van der Waals surface area contributed by atoms with Crippen molar-refractivity contribution < 1.29 is 14.6 Å². The topological polar surface area (TPSA) is 46.5 Å². The minimum atomic E-state index is -0.881. The maximum Gasteiger partial charge on any atom is 0.336 e. The van der Waals surface area contributed by atoms with Crippen molar-refractivity contribution in [3.8, 4) is 5.75 Å². The molecular formula is C12H12O3. The summed E-state index contributed by atoms with van der Waals surface area (Å²) >= 11 is 0. The summed E-state index contributed by atoms with van der Waals surface area (Å²) in [6.45, 7) is 1.99. The van der Waals surface area contributed by atoms with Crippen LogP contribution in [0.3, 0.4) is 0 Å². The van der Waals surface area contributed by atoms with Crippen LogP contribution in [0.25, 0.3) is 5.57 Å². The maximum atomic E-state index is 11.0. The number of fused-ring (bicyclic) bond motifs is 1. The number of hydrogen-bond donors (Lipinski definition) is 1. The maximum absolute atomic E-state index is 11.0. The molecule has 1 aliphatic rings. The Kier molecular flexibility index (Phi) is 2.23. The summed E-state index contributed by atoms with van der Waals surface area (Å²) in [4.78, 5) is 11.0. The molecule has 0 spiro atoms. The standard InChI is InChI=1S/C12H12O3/c1-7-5-11(12(13)14)10-6-8(15-2)3-4-9(7)10/h3-7H,1-2H3,(H,13,14). The summed E-state index contributed by atoms with van der Waals surface area (Å²) in [7, 11) is 1.57. The number of rotatable bonds is 2. The number of allylic oxidation sites excluding steroid dienone is 1. The van der Waals surface area contributed by atoms with E-state index in [9.17, 15) is 4.79 Å². The number of carbonyl (C=O) groups is 1. The Labute approximate surface area is 88.0 Å². The molecule has 0 aliphatic heterocycles. The molecule has 0 heterocycles. The molecule has 0 amide bonds. The molecule has 1 aliphatic carbocycles. The van der Waals surface area contributed by atoms with Gasteiger partial charge in [-0.2, -0.15) is 0 Å². The lowest BCUT2D eigenvalue weighted by molar-refractivity contribution is -0.130. The van der Waals surface area contributed by atoms with E-state index in [1.165, 1.54) is 0 Å². The van der Waals surface area contributed by atoms with Crippen molar-refractivity contribution in [2.24, 2.45) is 0 Å². The molecular weight excluding hydrogens is 192 g/mol. The van der Waals surface area contributed by atoms with Crippen LogP contribution in [-0.2, 0) is 4.79 Å². The molecule has 1 aromatic carbocycles. The molecule has 0 bridgehead atoms. The normalized spacial score (nSPS) is 18.3. The second-order valence-corrected chi connectivity index (χ2v) is 3.63. The monoisotopic (exact) mass is 204 g/mol. The lowest BCUT2D eigenvalue weighted by Gasteiger charge is -2.07. The second-order valence-electron chi connectivity index (χ2n) is 3.63. The minimum absolute atomic E-state index is 0.164. The predicted molar refractivity (Wildman–Crippen MR) is 57.0 cm³/mol. The molecule has 2 rings (SSSR count). The van der Waals surface area contributed by atoms with Gasteiger partial charge >= 0.3 is 5.97 Å². The third-order valence-electron chi connectivity index (χ3n) is 2.69. The first kappa shape index (κ1) is 9.77. The van der Waals surface area contributed by atoms with E-state index in [2.05, 4.69) is 0 Å². The summed E-state index contributed by atoms with van der Waals surface area (Å²) in [6, 6.07) is 5.55. The van der Waals surface area contributed by atoms with Gasteiger partial charge in [0.05, 0.1) is 12.7 Å². The van der Waals surface area contributed by atoms with E-state index < -0.39 is 5.97 Å². The van der Waals surface area contributed by atoms with Gasteiger partial charge in [0.2, 0.25) is 0 Å². The summed E-state index contributed by atoms with van der Waals surface area (Å²) in [5, 5.41) is 9.03. The molecule has 78 valence electrons. The van der Waals surface area contributed by atoms with Crippen molar-refractivity contribution in [2.75, 3.05) is 7.11 Å². The van der Waals surface area contributed by atoms with Gasteiger partial charge in [-0.05, 0) is 23.3 Å². The zero-order chi connectivity index (χ0) is 11.0. The van der Waals surface area contributed by atoms with Crippen LogP contribution in [0, 0.1) is 0 Å². The first-order valence-electron chi connectivity index (χ1n) is 4.77. The van der Waals surface area contributed by atoms with Crippen molar-refractivity contribution >= 4 is 11.5 Å². The van der Waals surface area contributed by atoms with Gasteiger partial charge in [-0.25, -0.2) is 4.79 Å². The van der Waals surface area contributed by atoms with Gasteiger partial charge in [0.1, 0.15) is 5.75 Å². The molecule has 3 heteroatoms. The van der Waals surface area contributed by atoms with Crippen LogP contribution >= 0.6 is 0 Å². The SMILES string of the molecule is COc1ccc2c(c1)C(C(=O)O)=CC2C. The first-order valence-corrected chi connectivity index (χ1v) is 4.77. The second kappa shape index (κ2) is 3.42. The van der Waals surface area contributed by atoms with Gasteiger partial charge in [0, 0.05) is 5.92 Å². The van der Waals surface area contributed by atoms with Crippen molar-refractivity contribution in [1.29, 1.82) is 0 Å². The summed E-state index contributed by atoms with van der Waals surface area (Å²) in [6.07, 6.45) is 1.77. The highest BCUT2D eigenvalue weighted by atomic mass is 16.5. The van der Waals surface area contributed by atoms with E-state index in [-0.39, 0.29) is 5.92 Å². The average Bonchev–Trinajstić information content (AvgIpc) is 2.56. The van der Waals surface area contributed by atoms with E-state index in [4.69, 9.17) is 9.84 Å². The zero-order valence-electron chi connectivity index (χ0n) is 8.65. The lowest BCUT2D eigenvalue weighted by atomic mass is 10.0. The number of hydrogen-bond acceptors (Lipinski definition) is 2. The summed E-state index contributed by atoms with van der Waals surface area (Å²) in [5.74, 6) is -0.0270. The highest BCUT2D eigenvalue weighted by molar-refractivity contribution is 6.17. The van der Waals surface area contributed by atoms with E-state index in [1.54, 1.807) is 19.3 Å². The van der Waals surface area contributed by atoms with Crippen molar-refractivity contribution in [3.63, 3.8) is 0 Å². The Bertz CT molecular complexity index is 446. The van der Waals surface area contributed by atoms with E-state index in [0.29, 0.717) is 11.3 Å². The number of aliphatic carboxylic acids is 1. The molecule has 1 N–H and O–H groups in total. The van der Waals surface area contributed by atoms with Gasteiger partial charge in [-0.1, -0.05) is 19.1 Å². The number of carboxylic acid groups (broad SMARTS) is 1. The van der Waals surface area contributed by atoms with E-state index in [1.807, 2.05) is 19.1 Å². The van der Waals surface area contributed by atoms with Crippen LogP contribution in [0.4, 0.5) is 0 Å². The summed E-state index contributed by atoms with van der Waals surface area (Å²) < 4.78 is 5.08. The fourth-order valence-electron chi connectivity index (χ4n) is 1.91. The summed E-state index contributed by atoms with van der Waals surface area (Å²) in [5.41, 5.74) is 2.19. The average molecular weight is 204 g/mol. The number of ether oxygens (including phenoxy) is 1. The van der Waals surface area contributed by atoms with Gasteiger partial charge in [0.15, 0.2) is 0 Å². The number of benzene rings is 1. The van der Waals surface area contributed by atoms with Crippen LogP contribution in [0.15, 0.2) is 24.3 Å². The van der Waals surface area contributed by atoms with Crippen molar-refractivity contribution in [3.05, 3.63) is 35.4 Å². The number of methoxy groups -OCH3 is 1. The molecule has 0 aromatic heterocycles. The van der Waals surface area contributed by atoms with Crippen LogP contribution in [0.1, 0.15) is 24.0 Å². The van der Waals surface area contributed by atoms with Gasteiger partial charge in [-0.3, -0.25) is 0 Å². The Hall–Kier alpha value is -1.77. The van der Waals surface area contributed by atoms with E-state index >= 15 is 0 Å². The Morgan fingerprint density at radius 2 is 2.20 bits per heavy atom. The highest BCUT2D eigenvalue weighted by Crippen LogP contribution is 2.37. The lowest BCUT2D eigenvalue weighted by Crippen LogP contribution is -1.98. The van der Waals surface area contributed by atoms with Crippen LogP contribution in [0.2, 0.25) is 0 Å². The molecule has 1 atom stereocenters. The first-order chi connectivity index (χ1) is 7.13. The Balaban J connectivity index is 2.54. The molecule has 1 unspecified atom stereocenters. The number of carboxylic acids is 1. The third kappa shape index (κ3) is 1.50. The Morgan fingerprint density at radius 1 is 1.47 bits per heavy atom. The van der Waals surface area contributed by atoms with Crippen LogP contribution in [-0.4, -0.2) is 18.2 Å². The quantitative estimate of drug-likeness (QED) is 0.803. The molecule has 0 fully saturated rings. The Morgan fingerprint density at radius 3 is 2.80 bits per heavy atom. The molecule has 3 nitrogen and oxygen atoms in total. The smallest absolute Gasteiger partial charge is 0.336 e. The van der Waals surface area contributed by atoms with Gasteiger partial charge < -0.3 is 9.84 Å². The van der Waals surface area contributed by atoms with Crippen LogP contribution in [0.5, 0.6) is 5.75 Å². The van der Waals surface area contributed by atoms with E-state index in [0.717, 1.165) is 11.1 Å². The highest BCUT2D eigenvalue weighted by Gasteiger charge is 2.24. The fourth-order valence-corrected chi connectivity index (χ4v) is 1.91. The molecule has 0 saturated carbocycles. The van der Waals surface area contributed by atoms with Crippen molar-refractivity contribution in [1.82, 2.24) is 0 Å². The molecule has 1 aromatic rings. The third-order valence-corrected chi connectivity index (χ3v) is 2.69. The molecule has 15 heavy (non-hydrogen) atoms. The largest absolute Gasteiger partial charge is 0.497 e. The fraction of sp³-hybridized carbons (Fsp3) is 0.250. The van der Waals surface area contributed by atoms with Crippen molar-refractivity contribution in [2.45, 2.75) is 12.8 Å². The van der Waals surface area contributed by atoms with Crippen LogP contribution < -0.4 is 4.74 Å². The predicted octanol–water partition coefficient (Wildman–Crippen LogP) is 2.28. The molecule has 0 radical (unpaired) electrons. The zero-order valence-corrected chi connectivity index (χ0v) is 8.65. The van der Waals surface area contributed by atoms with Gasteiger partial charge in [0.25, 0.3) is 0 Å². The van der Waals surface area contributed by atoms with Gasteiger partial charge in [-0.15, -0.1) is 0 Å². The molecule has 0 saturated heterocycles. The minimum Gasteiger partial charge on any atom is -0.497 e.